The molecule has 0 fully saturated rings. The number of ketones is 1. The van der Waals surface area contributed by atoms with Gasteiger partial charge in [0.25, 0.3) is 0 Å². The molecule has 0 saturated heterocycles. The van der Waals surface area contributed by atoms with Gasteiger partial charge in [0, 0.05) is 24.4 Å². The summed E-state index contributed by atoms with van der Waals surface area (Å²) in [7, 11) is 1.49. The lowest BCUT2D eigenvalue weighted by molar-refractivity contribution is 0.104. The van der Waals surface area contributed by atoms with E-state index in [9.17, 15) is 18.0 Å². The summed E-state index contributed by atoms with van der Waals surface area (Å²) in [6, 6.07) is 5.67. The highest BCUT2D eigenvalue weighted by atomic mass is 35.5. The van der Waals surface area contributed by atoms with Crippen LogP contribution in [0.1, 0.15) is 10.4 Å². The molecule has 1 N–H and O–H groups in total. The Labute approximate surface area is 135 Å². The zero-order chi connectivity index (χ0) is 17.0. The average Bonchev–Trinajstić information content (AvgIpc) is 2.52. The molecule has 7 heteroatoms. The van der Waals surface area contributed by atoms with Crippen molar-refractivity contribution in [3.8, 4) is 5.75 Å². The van der Waals surface area contributed by atoms with Crippen molar-refractivity contribution in [3.05, 3.63) is 70.6 Å². The number of methoxy groups -OCH3 is 1. The summed E-state index contributed by atoms with van der Waals surface area (Å²) in [5.41, 5.74) is -0.0787. The highest BCUT2D eigenvalue weighted by Crippen LogP contribution is 2.26. The minimum atomic E-state index is -1.36. The maximum absolute atomic E-state index is 13.5. The quantitative estimate of drug-likeness (QED) is 0.491. The second-order valence-electron chi connectivity index (χ2n) is 4.43. The van der Waals surface area contributed by atoms with Crippen LogP contribution in [-0.4, -0.2) is 12.9 Å². The summed E-state index contributed by atoms with van der Waals surface area (Å²) >= 11 is 5.99. The van der Waals surface area contributed by atoms with E-state index in [1.807, 2.05) is 0 Å². The van der Waals surface area contributed by atoms with E-state index < -0.39 is 28.8 Å². The monoisotopic (exact) mass is 341 g/mol. The van der Waals surface area contributed by atoms with Gasteiger partial charge in [-0.1, -0.05) is 11.6 Å². The van der Waals surface area contributed by atoms with Gasteiger partial charge in [-0.15, -0.1) is 0 Å². The van der Waals surface area contributed by atoms with Crippen LogP contribution in [0, 0.1) is 17.5 Å². The van der Waals surface area contributed by atoms with E-state index in [-0.39, 0.29) is 0 Å². The number of allylic oxidation sites excluding steroid dienone is 1. The van der Waals surface area contributed by atoms with Crippen molar-refractivity contribution < 1.29 is 22.7 Å². The third kappa shape index (κ3) is 4.04. The van der Waals surface area contributed by atoms with Gasteiger partial charge in [0.1, 0.15) is 11.6 Å². The Morgan fingerprint density at radius 2 is 1.83 bits per heavy atom. The van der Waals surface area contributed by atoms with Crippen LogP contribution in [0.2, 0.25) is 5.02 Å². The van der Waals surface area contributed by atoms with Crippen molar-refractivity contribution >= 4 is 23.1 Å². The Hall–Kier alpha value is -2.47. The molecule has 3 nitrogen and oxygen atoms in total. The Kier molecular flexibility index (Phi) is 5.28. The second kappa shape index (κ2) is 7.19. The maximum Gasteiger partial charge on any atom is 0.190 e. The van der Waals surface area contributed by atoms with Gasteiger partial charge < -0.3 is 10.1 Å². The van der Waals surface area contributed by atoms with Crippen LogP contribution in [-0.2, 0) is 0 Å². The standard InChI is InChI=1S/C16H11ClF3NO2/c1-23-9-2-3-15(11(17)6-9)21-5-4-16(22)10-7-13(19)14(20)8-12(10)18/h2-8,21H,1H3. The molecule has 0 heterocycles. The molecule has 0 bridgehead atoms. The highest BCUT2D eigenvalue weighted by molar-refractivity contribution is 6.33. The number of hydrogen-bond donors (Lipinski definition) is 1. The van der Waals surface area contributed by atoms with Crippen molar-refractivity contribution in [2.45, 2.75) is 0 Å². The van der Waals surface area contributed by atoms with Gasteiger partial charge in [-0.2, -0.15) is 0 Å². The first-order valence-corrected chi connectivity index (χ1v) is 6.75. The van der Waals surface area contributed by atoms with Crippen LogP contribution < -0.4 is 10.1 Å². The summed E-state index contributed by atoms with van der Waals surface area (Å²) in [5, 5.41) is 3.08. The first-order chi connectivity index (χ1) is 10.9. The predicted octanol–water partition coefficient (Wildman–Crippen LogP) is 4.57. The maximum atomic E-state index is 13.5. The van der Waals surface area contributed by atoms with E-state index in [0.717, 1.165) is 6.08 Å². The minimum absolute atomic E-state index is 0.324. The van der Waals surface area contributed by atoms with E-state index in [2.05, 4.69) is 5.32 Å². The zero-order valence-corrected chi connectivity index (χ0v) is 12.6. The van der Waals surface area contributed by atoms with Gasteiger partial charge in [0.15, 0.2) is 17.4 Å². The highest BCUT2D eigenvalue weighted by Gasteiger charge is 2.14. The second-order valence-corrected chi connectivity index (χ2v) is 4.84. The van der Waals surface area contributed by atoms with Crippen molar-refractivity contribution in [2.75, 3.05) is 12.4 Å². The molecule has 2 aromatic carbocycles. The van der Waals surface area contributed by atoms with Crippen molar-refractivity contribution in [2.24, 2.45) is 0 Å². The lowest BCUT2D eigenvalue weighted by atomic mass is 10.1. The Morgan fingerprint density at radius 3 is 2.48 bits per heavy atom. The Balaban J connectivity index is 2.12. The molecule has 2 aromatic rings. The molecule has 0 spiro atoms. The number of halogens is 4. The fraction of sp³-hybridized carbons (Fsp3) is 0.0625. The number of anilines is 1. The molecule has 0 aliphatic heterocycles. The normalized spacial score (nSPS) is 10.8. The minimum Gasteiger partial charge on any atom is -0.497 e. The van der Waals surface area contributed by atoms with Crippen LogP contribution in [0.5, 0.6) is 5.75 Å². The summed E-state index contributed by atoms with van der Waals surface area (Å²) < 4.78 is 44.3. The Bertz CT molecular complexity index is 778. The summed E-state index contributed by atoms with van der Waals surface area (Å²) in [6.07, 6.45) is 2.20. The van der Waals surface area contributed by atoms with E-state index >= 15 is 0 Å². The van der Waals surface area contributed by atoms with E-state index in [4.69, 9.17) is 16.3 Å². The molecule has 0 radical (unpaired) electrons. The fourth-order valence-electron chi connectivity index (χ4n) is 1.75. The largest absolute Gasteiger partial charge is 0.497 e. The molecule has 0 aliphatic carbocycles. The van der Waals surface area contributed by atoms with Gasteiger partial charge in [0.05, 0.1) is 23.4 Å². The number of nitrogens with one attached hydrogen (secondary N) is 1. The van der Waals surface area contributed by atoms with Gasteiger partial charge in [-0.05, 0) is 18.2 Å². The summed E-state index contributed by atoms with van der Waals surface area (Å²) in [6.45, 7) is 0. The number of carbonyl (C=O) groups is 1. The van der Waals surface area contributed by atoms with Crippen LogP contribution >= 0.6 is 11.6 Å². The van der Waals surface area contributed by atoms with Crippen LogP contribution in [0.3, 0.4) is 0 Å². The molecular formula is C16H11ClF3NO2. The van der Waals surface area contributed by atoms with Crippen LogP contribution in [0.4, 0.5) is 18.9 Å². The van der Waals surface area contributed by atoms with Gasteiger partial charge in [-0.3, -0.25) is 4.79 Å². The lowest BCUT2D eigenvalue weighted by Crippen LogP contribution is -2.02. The van der Waals surface area contributed by atoms with Gasteiger partial charge in [-0.25, -0.2) is 13.2 Å². The fourth-order valence-corrected chi connectivity index (χ4v) is 1.97. The molecule has 0 amide bonds. The third-order valence-electron chi connectivity index (χ3n) is 2.93. The van der Waals surface area contributed by atoms with Crippen molar-refractivity contribution in [1.29, 1.82) is 0 Å². The molecule has 0 saturated carbocycles. The first-order valence-electron chi connectivity index (χ1n) is 6.38. The smallest absolute Gasteiger partial charge is 0.190 e. The van der Waals surface area contributed by atoms with Crippen molar-refractivity contribution in [1.82, 2.24) is 0 Å². The van der Waals surface area contributed by atoms with E-state index in [1.165, 1.54) is 13.3 Å². The summed E-state index contributed by atoms with van der Waals surface area (Å²) in [4.78, 5) is 11.8. The summed E-state index contributed by atoms with van der Waals surface area (Å²) in [5.74, 6) is -4.05. The van der Waals surface area contributed by atoms with Crippen molar-refractivity contribution in [3.63, 3.8) is 0 Å². The molecule has 120 valence electrons. The molecule has 23 heavy (non-hydrogen) atoms. The van der Waals surface area contributed by atoms with Crippen LogP contribution in [0.25, 0.3) is 0 Å². The predicted molar refractivity (Wildman–Crippen MR) is 81.4 cm³/mol. The first kappa shape index (κ1) is 16.9. The number of carbonyl (C=O) groups excluding carboxylic acids is 1. The van der Waals surface area contributed by atoms with E-state index in [1.54, 1.807) is 18.2 Å². The number of benzene rings is 2. The molecule has 0 aliphatic rings. The number of hydrogen-bond acceptors (Lipinski definition) is 3. The zero-order valence-electron chi connectivity index (χ0n) is 11.9. The van der Waals surface area contributed by atoms with E-state index in [0.29, 0.717) is 28.6 Å². The average molecular weight is 342 g/mol. The molecule has 2 rings (SSSR count). The molecular weight excluding hydrogens is 331 g/mol. The molecule has 0 atom stereocenters. The topological polar surface area (TPSA) is 38.3 Å². The molecule has 0 unspecified atom stereocenters. The van der Waals surface area contributed by atoms with Crippen LogP contribution in [0.15, 0.2) is 42.6 Å². The SMILES string of the molecule is COc1ccc(NC=CC(=O)c2cc(F)c(F)cc2F)c(Cl)c1. The van der Waals surface area contributed by atoms with Gasteiger partial charge in [0.2, 0.25) is 0 Å². The number of rotatable bonds is 5. The van der Waals surface area contributed by atoms with Gasteiger partial charge >= 0.3 is 0 Å². The number of ether oxygens (including phenoxy) is 1. The Morgan fingerprint density at radius 1 is 1.13 bits per heavy atom. The molecule has 0 aromatic heterocycles. The third-order valence-corrected chi connectivity index (χ3v) is 3.24. The lowest BCUT2D eigenvalue weighted by Gasteiger charge is -2.06.